The summed E-state index contributed by atoms with van der Waals surface area (Å²) in [4.78, 5) is 4.91. The van der Waals surface area contributed by atoms with Gasteiger partial charge in [0.15, 0.2) is 5.65 Å². The first-order valence-corrected chi connectivity index (χ1v) is 13.2. The summed E-state index contributed by atoms with van der Waals surface area (Å²) in [5.41, 5.74) is 2.23. The molecule has 4 aromatic rings. The second-order valence-electron chi connectivity index (χ2n) is 7.44. The fourth-order valence-corrected chi connectivity index (χ4v) is 5.03. The second kappa shape index (κ2) is 10.7. The van der Waals surface area contributed by atoms with Crippen LogP contribution in [-0.4, -0.2) is 43.2 Å². The molecule has 0 unspecified atom stereocenters. The number of hydrogen-bond acceptors (Lipinski definition) is 6. The summed E-state index contributed by atoms with van der Waals surface area (Å²) in [5, 5.41) is 8.37. The first-order valence-electron chi connectivity index (χ1n) is 10.6. The van der Waals surface area contributed by atoms with Crippen molar-refractivity contribution in [2.24, 2.45) is 0 Å². The molecule has 0 saturated heterocycles. The van der Waals surface area contributed by atoms with Crippen molar-refractivity contribution in [1.29, 1.82) is 0 Å². The zero-order valence-electron chi connectivity index (χ0n) is 18.3. The SMILES string of the molecule is COc1ccc(S(=O)(=O)NCCCCNc2cc(-c3ccccc3Cl)nc3c(Br)cnn23)cc1. The molecule has 2 N–H and O–H groups in total. The number of methoxy groups -OCH3 is 1. The Balaban J connectivity index is 1.37. The summed E-state index contributed by atoms with van der Waals surface area (Å²) in [6, 6.07) is 15.7. The highest BCUT2D eigenvalue weighted by molar-refractivity contribution is 9.10. The number of anilines is 1. The molecule has 0 aliphatic rings. The quantitative estimate of drug-likeness (QED) is 0.263. The Morgan fingerprint density at radius 2 is 1.82 bits per heavy atom. The molecule has 2 aromatic carbocycles. The Morgan fingerprint density at radius 1 is 1.09 bits per heavy atom. The molecule has 2 aromatic heterocycles. The van der Waals surface area contributed by atoms with E-state index < -0.39 is 10.0 Å². The van der Waals surface area contributed by atoms with Gasteiger partial charge in [-0.05, 0) is 59.1 Å². The molecule has 0 amide bonds. The Bertz CT molecular complexity index is 1390. The predicted molar refractivity (Wildman–Crippen MR) is 137 cm³/mol. The van der Waals surface area contributed by atoms with Crippen LogP contribution in [0, 0.1) is 0 Å². The van der Waals surface area contributed by atoms with Gasteiger partial charge < -0.3 is 10.1 Å². The molecule has 11 heteroatoms. The van der Waals surface area contributed by atoms with E-state index in [4.69, 9.17) is 21.3 Å². The molecule has 34 heavy (non-hydrogen) atoms. The largest absolute Gasteiger partial charge is 0.497 e. The first kappa shape index (κ1) is 24.5. The van der Waals surface area contributed by atoms with Crippen LogP contribution in [0.1, 0.15) is 12.8 Å². The maximum absolute atomic E-state index is 12.4. The zero-order valence-corrected chi connectivity index (χ0v) is 21.5. The lowest BCUT2D eigenvalue weighted by molar-refractivity contribution is 0.414. The number of hydrogen-bond donors (Lipinski definition) is 2. The van der Waals surface area contributed by atoms with E-state index in [0.29, 0.717) is 35.9 Å². The van der Waals surface area contributed by atoms with Gasteiger partial charge in [-0.25, -0.2) is 18.1 Å². The number of rotatable bonds is 10. The Hall–Kier alpha value is -2.66. The summed E-state index contributed by atoms with van der Waals surface area (Å²) >= 11 is 9.87. The fourth-order valence-electron chi connectivity index (χ4n) is 3.38. The van der Waals surface area contributed by atoms with Crippen LogP contribution in [0.25, 0.3) is 16.9 Å². The Kier molecular flexibility index (Phi) is 7.72. The van der Waals surface area contributed by atoms with Crippen LogP contribution >= 0.6 is 27.5 Å². The smallest absolute Gasteiger partial charge is 0.240 e. The van der Waals surface area contributed by atoms with E-state index in [2.05, 4.69) is 31.1 Å². The van der Waals surface area contributed by atoms with Gasteiger partial charge in [0.05, 0.1) is 28.4 Å². The molecule has 2 heterocycles. The minimum absolute atomic E-state index is 0.210. The molecule has 8 nitrogen and oxygen atoms in total. The number of benzene rings is 2. The number of aromatic nitrogens is 3. The molecule has 178 valence electrons. The predicted octanol–water partition coefficient (Wildman–Crippen LogP) is 4.99. The minimum Gasteiger partial charge on any atom is -0.497 e. The van der Waals surface area contributed by atoms with Gasteiger partial charge >= 0.3 is 0 Å². The maximum Gasteiger partial charge on any atom is 0.240 e. The normalized spacial score (nSPS) is 11.6. The maximum atomic E-state index is 12.4. The van der Waals surface area contributed by atoms with Crippen LogP contribution in [0.2, 0.25) is 5.02 Å². The van der Waals surface area contributed by atoms with Gasteiger partial charge in [0.1, 0.15) is 11.6 Å². The summed E-state index contributed by atoms with van der Waals surface area (Å²) in [6.07, 6.45) is 3.10. The number of nitrogens with zero attached hydrogens (tertiary/aromatic N) is 3. The lowest BCUT2D eigenvalue weighted by atomic mass is 10.1. The van der Waals surface area contributed by atoms with E-state index >= 15 is 0 Å². The Morgan fingerprint density at radius 3 is 2.56 bits per heavy atom. The van der Waals surface area contributed by atoms with Gasteiger partial charge in [-0.3, -0.25) is 0 Å². The molecule has 0 aliphatic carbocycles. The topological polar surface area (TPSA) is 97.6 Å². The summed E-state index contributed by atoms with van der Waals surface area (Å²) < 4.78 is 35.1. The second-order valence-corrected chi connectivity index (χ2v) is 10.5. The molecule has 0 radical (unpaired) electrons. The van der Waals surface area contributed by atoms with Crippen LogP contribution in [-0.2, 0) is 10.0 Å². The molecule has 0 aliphatic heterocycles. The van der Waals surface area contributed by atoms with Crippen molar-refractivity contribution in [3.05, 3.63) is 70.3 Å². The lowest BCUT2D eigenvalue weighted by Gasteiger charge is -2.12. The summed E-state index contributed by atoms with van der Waals surface area (Å²) in [5.74, 6) is 1.38. The van der Waals surface area contributed by atoms with Crippen molar-refractivity contribution < 1.29 is 13.2 Å². The van der Waals surface area contributed by atoms with Crippen molar-refractivity contribution in [3.63, 3.8) is 0 Å². The molecule has 0 fully saturated rings. The van der Waals surface area contributed by atoms with Gasteiger partial charge in [0, 0.05) is 29.7 Å². The number of halogens is 2. The third-order valence-corrected chi connectivity index (χ3v) is 7.52. The van der Waals surface area contributed by atoms with Crippen LogP contribution in [0.5, 0.6) is 5.75 Å². The lowest BCUT2D eigenvalue weighted by Crippen LogP contribution is -2.25. The van der Waals surface area contributed by atoms with Gasteiger partial charge in [-0.2, -0.15) is 9.61 Å². The standard InChI is InChI=1S/C23H23BrClN5O3S/c1-33-16-8-10-17(11-9-16)34(31,32)28-13-5-4-12-26-22-14-21(18-6-2-3-7-20(18)25)29-23-19(24)15-27-30(22)23/h2-3,6-11,14-15,26,28H,4-5,12-13H2,1H3. The highest BCUT2D eigenvalue weighted by Gasteiger charge is 2.14. The molecular weight excluding hydrogens is 542 g/mol. The molecule has 0 saturated carbocycles. The first-order chi connectivity index (χ1) is 16.4. The van der Waals surface area contributed by atoms with Crippen LogP contribution in [0.3, 0.4) is 0 Å². The summed E-state index contributed by atoms with van der Waals surface area (Å²) in [7, 11) is -2.02. The monoisotopic (exact) mass is 563 g/mol. The van der Waals surface area contributed by atoms with Crippen molar-refractivity contribution in [2.75, 3.05) is 25.5 Å². The van der Waals surface area contributed by atoms with E-state index in [1.54, 1.807) is 22.8 Å². The molecule has 4 rings (SSSR count). The molecule has 0 atom stereocenters. The highest BCUT2D eigenvalue weighted by atomic mass is 79.9. The third kappa shape index (κ3) is 5.52. The van der Waals surface area contributed by atoms with Gasteiger partial charge in [-0.1, -0.05) is 29.8 Å². The minimum atomic E-state index is -3.56. The van der Waals surface area contributed by atoms with E-state index in [-0.39, 0.29) is 4.90 Å². The van der Waals surface area contributed by atoms with Crippen LogP contribution < -0.4 is 14.8 Å². The van der Waals surface area contributed by atoms with Crippen LogP contribution in [0.15, 0.2) is 70.2 Å². The number of unbranched alkanes of at least 4 members (excludes halogenated alkanes) is 1. The van der Waals surface area contributed by atoms with E-state index in [0.717, 1.165) is 28.0 Å². The van der Waals surface area contributed by atoms with E-state index in [1.165, 1.54) is 19.2 Å². The number of nitrogens with one attached hydrogen (secondary N) is 2. The average molecular weight is 565 g/mol. The molecular formula is C23H23BrClN5O3S. The van der Waals surface area contributed by atoms with Crippen molar-refractivity contribution >= 4 is 49.0 Å². The number of ether oxygens (including phenoxy) is 1. The van der Waals surface area contributed by atoms with Crippen molar-refractivity contribution in [2.45, 2.75) is 17.7 Å². The van der Waals surface area contributed by atoms with E-state index in [1.807, 2.05) is 30.3 Å². The average Bonchev–Trinajstić information content (AvgIpc) is 3.22. The van der Waals surface area contributed by atoms with Gasteiger partial charge in [-0.15, -0.1) is 0 Å². The van der Waals surface area contributed by atoms with Gasteiger partial charge in [0.25, 0.3) is 0 Å². The highest BCUT2D eigenvalue weighted by Crippen LogP contribution is 2.30. The van der Waals surface area contributed by atoms with E-state index in [9.17, 15) is 8.42 Å². The third-order valence-electron chi connectivity index (χ3n) is 5.15. The van der Waals surface area contributed by atoms with Gasteiger partial charge in [0.2, 0.25) is 10.0 Å². The number of fused-ring (bicyclic) bond motifs is 1. The number of sulfonamides is 1. The van der Waals surface area contributed by atoms with Crippen molar-refractivity contribution in [3.8, 4) is 17.0 Å². The Labute approximate surface area is 211 Å². The van der Waals surface area contributed by atoms with Crippen LogP contribution in [0.4, 0.5) is 5.82 Å². The summed E-state index contributed by atoms with van der Waals surface area (Å²) in [6.45, 7) is 0.961. The molecule has 0 spiro atoms. The zero-order chi connectivity index (χ0) is 24.1. The molecule has 0 bridgehead atoms. The van der Waals surface area contributed by atoms with Crippen molar-refractivity contribution in [1.82, 2.24) is 19.3 Å². The fraction of sp³-hybridized carbons (Fsp3) is 0.217.